The Balaban J connectivity index is 2.27. The zero-order valence-corrected chi connectivity index (χ0v) is 9.01. The minimum atomic E-state index is -0.0988. The summed E-state index contributed by atoms with van der Waals surface area (Å²) >= 11 is 0. The average Bonchev–Trinajstić information content (AvgIpc) is 2.34. The van der Waals surface area contributed by atoms with E-state index in [2.05, 4.69) is 0 Å². The van der Waals surface area contributed by atoms with Gasteiger partial charge in [0.05, 0.1) is 6.61 Å². The first kappa shape index (κ1) is 10.7. The maximum absolute atomic E-state index is 11.5. The first-order valence-electron chi connectivity index (χ1n) is 5.10. The summed E-state index contributed by atoms with van der Waals surface area (Å²) in [5.74, 6) is 0.290. The molecule has 1 N–H and O–H groups in total. The largest absolute Gasteiger partial charge is 0.616 e. The summed E-state index contributed by atoms with van der Waals surface area (Å²) in [7, 11) is 0. The quantitative estimate of drug-likeness (QED) is 0.614. The monoisotopic (exact) mass is 219 g/mol. The normalized spacial score (nSPS) is 15.1. The van der Waals surface area contributed by atoms with Crippen LogP contribution in [0.25, 0.3) is 5.57 Å². The highest BCUT2D eigenvalue weighted by Gasteiger charge is 2.35. The molecule has 0 fully saturated rings. The van der Waals surface area contributed by atoms with Crippen molar-refractivity contribution in [3.63, 3.8) is 0 Å². The Bertz CT molecular complexity index is 449. The van der Waals surface area contributed by atoms with Crippen LogP contribution in [0.5, 0.6) is 0 Å². The molecule has 84 valence electrons. The van der Waals surface area contributed by atoms with E-state index in [-0.39, 0.29) is 19.1 Å². The van der Waals surface area contributed by atoms with Crippen LogP contribution in [-0.2, 0) is 4.74 Å². The second kappa shape index (κ2) is 4.37. The Labute approximate surface area is 93.7 Å². The molecule has 4 nitrogen and oxygen atoms in total. The molecule has 0 saturated heterocycles. The fourth-order valence-electron chi connectivity index (χ4n) is 1.67. The summed E-state index contributed by atoms with van der Waals surface area (Å²) in [6, 6.07) is 9.59. The van der Waals surface area contributed by atoms with Crippen LogP contribution in [0.3, 0.4) is 0 Å². The molecule has 4 heteroatoms. The third kappa shape index (κ3) is 1.67. The molecular weight excluding hydrogens is 206 g/mol. The van der Waals surface area contributed by atoms with E-state index >= 15 is 0 Å². The molecule has 16 heavy (non-hydrogen) atoms. The minimum Gasteiger partial charge on any atom is -0.616 e. The SMILES string of the molecule is CC1=[N+]([O-])C(OCCO)=C1c1ccccc1. The Morgan fingerprint density at radius 1 is 1.31 bits per heavy atom. The second-order valence-electron chi connectivity index (χ2n) is 3.50. The van der Waals surface area contributed by atoms with Crippen molar-refractivity contribution in [3.8, 4) is 0 Å². The molecule has 0 saturated carbocycles. The summed E-state index contributed by atoms with van der Waals surface area (Å²) in [6.07, 6.45) is 0. The van der Waals surface area contributed by atoms with Gasteiger partial charge in [0.1, 0.15) is 6.61 Å². The van der Waals surface area contributed by atoms with E-state index in [1.54, 1.807) is 6.92 Å². The minimum absolute atomic E-state index is 0.0988. The summed E-state index contributed by atoms with van der Waals surface area (Å²) in [6.45, 7) is 1.79. The van der Waals surface area contributed by atoms with Crippen molar-refractivity contribution in [1.82, 2.24) is 0 Å². The highest BCUT2D eigenvalue weighted by molar-refractivity contribution is 6.23. The molecule has 0 aromatic heterocycles. The maximum Gasteiger partial charge on any atom is 0.394 e. The lowest BCUT2D eigenvalue weighted by Gasteiger charge is -2.21. The van der Waals surface area contributed by atoms with Gasteiger partial charge in [0.25, 0.3) is 0 Å². The van der Waals surface area contributed by atoms with Crippen molar-refractivity contribution in [1.29, 1.82) is 0 Å². The van der Waals surface area contributed by atoms with Gasteiger partial charge in [-0.05, 0) is 5.56 Å². The van der Waals surface area contributed by atoms with Gasteiger partial charge in [-0.3, -0.25) is 0 Å². The van der Waals surface area contributed by atoms with Crippen molar-refractivity contribution in [2.45, 2.75) is 6.92 Å². The van der Waals surface area contributed by atoms with E-state index in [4.69, 9.17) is 9.84 Å². The number of ether oxygens (including phenoxy) is 1. The predicted molar refractivity (Wildman–Crippen MR) is 60.7 cm³/mol. The van der Waals surface area contributed by atoms with E-state index < -0.39 is 0 Å². The standard InChI is InChI=1S/C12H13NO3/c1-9-11(10-5-3-2-4-6-10)12(13(9)15)16-8-7-14/h2-6,14H,7-8H2,1H3. The Morgan fingerprint density at radius 3 is 2.62 bits per heavy atom. The smallest absolute Gasteiger partial charge is 0.394 e. The molecule has 1 aromatic carbocycles. The molecule has 0 bridgehead atoms. The lowest BCUT2D eigenvalue weighted by atomic mass is 9.99. The first-order chi connectivity index (χ1) is 7.75. The van der Waals surface area contributed by atoms with Crippen molar-refractivity contribution in [2.75, 3.05) is 13.2 Å². The van der Waals surface area contributed by atoms with Gasteiger partial charge in [0, 0.05) is 6.92 Å². The van der Waals surface area contributed by atoms with Crippen LogP contribution in [0.1, 0.15) is 12.5 Å². The van der Waals surface area contributed by atoms with Crippen LogP contribution in [0, 0.1) is 5.21 Å². The van der Waals surface area contributed by atoms with Crippen molar-refractivity contribution < 1.29 is 14.6 Å². The number of aliphatic hydroxyl groups is 1. The average molecular weight is 219 g/mol. The molecule has 0 atom stereocenters. The van der Waals surface area contributed by atoms with E-state index in [9.17, 15) is 5.21 Å². The molecule has 1 aromatic rings. The zero-order valence-electron chi connectivity index (χ0n) is 9.01. The molecule has 0 spiro atoms. The van der Waals surface area contributed by atoms with Gasteiger partial charge in [0.2, 0.25) is 5.71 Å². The number of benzene rings is 1. The van der Waals surface area contributed by atoms with Gasteiger partial charge < -0.3 is 15.1 Å². The molecular formula is C12H13NO3. The third-order valence-electron chi connectivity index (χ3n) is 2.46. The van der Waals surface area contributed by atoms with Crippen molar-refractivity contribution in [3.05, 3.63) is 47.0 Å². The van der Waals surface area contributed by atoms with E-state index in [1.165, 1.54) is 0 Å². The van der Waals surface area contributed by atoms with E-state index in [1.807, 2.05) is 30.3 Å². The summed E-state index contributed by atoms with van der Waals surface area (Å²) < 4.78 is 5.95. The zero-order chi connectivity index (χ0) is 11.5. The van der Waals surface area contributed by atoms with E-state index in [0.717, 1.165) is 15.9 Å². The van der Waals surface area contributed by atoms with E-state index in [0.29, 0.717) is 5.71 Å². The number of allylic oxidation sites excluding steroid dienone is 1. The van der Waals surface area contributed by atoms with Crippen molar-refractivity contribution in [2.24, 2.45) is 0 Å². The van der Waals surface area contributed by atoms with Crippen LogP contribution in [0.2, 0.25) is 0 Å². The number of hydrogen-bond acceptors (Lipinski definition) is 3. The molecule has 1 aliphatic heterocycles. The van der Waals surface area contributed by atoms with Crippen LogP contribution >= 0.6 is 0 Å². The highest BCUT2D eigenvalue weighted by atomic mass is 16.6. The number of aliphatic hydroxyl groups excluding tert-OH is 1. The van der Waals surface area contributed by atoms with Gasteiger partial charge in [-0.1, -0.05) is 30.3 Å². The highest BCUT2D eigenvalue weighted by Crippen LogP contribution is 2.29. The van der Waals surface area contributed by atoms with Crippen molar-refractivity contribution >= 4 is 11.3 Å². The fourth-order valence-corrected chi connectivity index (χ4v) is 1.67. The molecule has 1 heterocycles. The van der Waals surface area contributed by atoms with Crippen LogP contribution < -0.4 is 0 Å². The Kier molecular flexibility index (Phi) is 2.92. The molecule has 0 amide bonds. The van der Waals surface area contributed by atoms with Gasteiger partial charge in [-0.2, -0.15) is 0 Å². The van der Waals surface area contributed by atoms with Crippen LogP contribution in [0.4, 0.5) is 0 Å². The summed E-state index contributed by atoms with van der Waals surface area (Å²) in [4.78, 5) is 0. The third-order valence-corrected chi connectivity index (χ3v) is 2.46. The summed E-state index contributed by atoms with van der Waals surface area (Å²) in [5, 5.41) is 20.1. The summed E-state index contributed by atoms with van der Waals surface area (Å²) in [5.41, 5.74) is 2.42. The van der Waals surface area contributed by atoms with Gasteiger partial charge >= 0.3 is 5.88 Å². The van der Waals surface area contributed by atoms with Gasteiger partial charge in [0.15, 0.2) is 5.57 Å². The molecule has 0 radical (unpaired) electrons. The van der Waals surface area contributed by atoms with Gasteiger partial charge in [-0.25, -0.2) is 0 Å². The number of hydroxylamine groups is 1. The first-order valence-corrected chi connectivity index (χ1v) is 5.10. The topological polar surface area (TPSA) is 55.5 Å². The Hall–Kier alpha value is -1.81. The maximum atomic E-state index is 11.5. The second-order valence-corrected chi connectivity index (χ2v) is 3.50. The van der Waals surface area contributed by atoms with Gasteiger partial charge in [-0.15, -0.1) is 4.74 Å². The molecule has 0 unspecified atom stereocenters. The molecule has 2 rings (SSSR count). The predicted octanol–water partition coefficient (Wildman–Crippen LogP) is 1.35. The lowest BCUT2D eigenvalue weighted by molar-refractivity contribution is -0.452. The van der Waals surface area contributed by atoms with Crippen LogP contribution in [0.15, 0.2) is 36.2 Å². The Morgan fingerprint density at radius 2 is 2.00 bits per heavy atom. The molecule has 0 aliphatic carbocycles. The fraction of sp³-hybridized carbons (Fsp3) is 0.250. The number of nitrogens with zero attached hydrogens (tertiary/aromatic N) is 1. The van der Waals surface area contributed by atoms with Crippen LogP contribution in [-0.4, -0.2) is 28.8 Å². The number of hydrogen-bond donors (Lipinski definition) is 1. The molecule has 1 aliphatic rings. The number of rotatable bonds is 4. The lowest BCUT2D eigenvalue weighted by Crippen LogP contribution is -2.29.